The van der Waals surface area contributed by atoms with E-state index >= 15 is 0 Å². The molecule has 2 aliphatic rings. The molecule has 2 heterocycles. The van der Waals surface area contributed by atoms with Crippen LogP contribution in [0, 0.1) is 0 Å². The molecule has 2 fully saturated rings. The van der Waals surface area contributed by atoms with Crippen molar-refractivity contribution in [3.8, 4) is 0 Å². The summed E-state index contributed by atoms with van der Waals surface area (Å²) in [5.74, 6) is 0. The van der Waals surface area contributed by atoms with E-state index < -0.39 is 0 Å². The first kappa shape index (κ1) is 18.5. The van der Waals surface area contributed by atoms with Gasteiger partial charge in [-0.25, -0.2) is 4.79 Å². The van der Waals surface area contributed by atoms with Gasteiger partial charge in [0.2, 0.25) is 0 Å². The fourth-order valence-corrected chi connectivity index (χ4v) is 4.31. The zero-order chi connectivity index (χ0) is 17.2. The number of likely N-dealkylation sites (tertiary alicyclic amines) is 1. The standard InChI is InChI=1S/C18H35N3O2/c1-13(2)21-15-7-8-16(21)12-20(10-9-15)17(22)19-14(3)11-18(4,5)23-6/h13-16H,7-12H2,1-6H3,(H,19,22). The van der Waals surface area contributed by atoms with E-state index in [9.17, 15) is 4.79 Å². The number of carbonyl (C=O) groups excluding carboxylic acids is 1. The Balaban J connectivity index is 1.91. The summed E-state index contributed by atoms with van der Waals surface area (Å²) in [4.78, 5) is 17.3. The monoisotopic (exact) mass is 325 g/mol. The number of nitrogens with one attached hydrogen (secondary N) is 1. The Bertz CT molecular complexity index is 411. The number of rotatable bonds is 5. The van der Waals surface area contributed by atoms with E-state index in [0.29, 0.717) is 18.1 Å². The van der Waals surface area contributed by atoms with Crippen molar-refractivity contribution in [1.29, 1.82) is 0 Å². The van der Waals surface area contributed by atoms with Gasteiger partial charge >= 0.3 is 6.03 Å². The van der Waals surface area contributed by atoms with E-state index in [-0.39, 0.29) is 17.7 Å². The lowest BCUT2D eigenvalue weighted by molar-refractivity contribution is 0.00910. The Morgan fingerprint density at radius 1 is 1.22 bits per heavy atom. The molecule has 2 saturated heterocycles. The minimum atomic E-state index is -0.209. The van der Waals surface area contributed by atoms with Crippen LogP contribution in [0.25, 0.3) is 0 Å². The van der Waals surface area contributed by atoms with Gasteiger partial charge in [-0.15, -0.1) is 0 Å². The van der Waals surface area contributed by atoms with Gasteiger partial charge in [0.05, 0.1) is 5.60 Å². The summed E-state index contributed by atoms with van der Waals surface area (Å²) < 4.78 is 5.46. The highest BCUT2D eigenvalue weighted by Gasteiger charge is 2.39. The van der Waals surface area contributed by atoms with Gasteiger partial charge in [-0.2, -0.15) is 0 Å². The maximum Gasteiger partial charge on any atom is 0.317 e. The molecule has 2 bridgehead atoms. The van der Waals surface area contributed by atoms with Crippen LogP contribution in [0.15, 0.2) is 0 Å². The largest absolute Gasteiger partial charge is 0.379 e. The summed E-state index contributed by atoms with van der Waals surface area (Å²) in [7, 11) is 1.72. The third-order valence-electron chi connectivity index (χ3n) is 5.44. The molecule has 0 aromatic carbocycles. The number of nitrogens with zero attached hydrogens (tertiary/aromatic N) is 2. The average molecular weight is 325 g/mol. The van der Waals surface area contributed by atoms with Crippen LogP contribution in [0.5, 0.6) is 0 Å². The molecule has 3 unspecified atom stereocenters. The maximum atomic E-state index is 12.6. The number of hydrogen-bond acceptors (Lipinski definition) is 3. The Kier molecular flexibility index (Phi) is 5.95. The molecular formula is C18H35N3O2. The lowest BCUT2D eigenvalue weighted by Crippen LogP contribution is -2.49. The molecule has 2 aliphatic heterocycles. The minimum Gasteiger partial charge on any atom is -0.379 e. The zero-order valence-corrected chi connectivity index (χ0v) is 15.8. The summed E-state index contributed by atoms with van der Waals surface area (Å²) >= 11 is 0. The number of urea groups is 1. The topological polar surface area (TPSA) is 44.8 Å². The second-order valence-corrected chi connectivity index (χ2v) is 8.18. The molecule has 0 saturated carbocycles. The van der Waals surface area contributed by atoms with E-state index in [1.54, 1.807) is 7.11 Å². The first-order valence-corrected chi connectivity index (χ1v) is 9.11. The highest BCUT2D eigenvalue weighted by atomic mass is 16.5. The Labute approximate surface area is 141 Å². The second kappa shape index (κ2) is 7.39. The Morgan fingerprint density at radius 2 is 1.87 bits per heavy atom. The summed E-state index contributed by atoms with van der Waals surface area (Å²) in [5, 5.41) is 3.16. The van der Waals surface area contributed by atoms with Crippen molar-refractivity contribution in [3.05, 3.63) is 0 Å². The van der Waals surface area contributed by atoms with Gasteiger partial charge in [-0.1, -0.05) is 0 Å². The lowest BCUT2D eigenvalue weighted by Gasteiger charge is -2.32. The lowest BCUT2D eigenvalue weighted by atomic mass is 10.00. The van der Waals surface area contributed by atoms with Gasteiger partial charge in [0.1, 0.15) is 0 Å². The van der Waals surface area contributed by atoms with E-state index in [0.717, 1.165) is 25.9 Å². The number of methoxy groups -OCH3 is 1. The predicted molar refractivity (Wildman–Crippen MR) is 93.7 cm³/mol. The number of fused-ring (bicyclic) bond motifs is 2. The Hall–Kier alpha value is -0.810. The molecule has 134 valence electrons. The van der Waals surface area contributed by atoms with E-state index in [4.69, 9.17) is 4.74 Å². The SMILES string of the molecule is COC(C)(C)CC(C)NC(=O)N1CCC2CCC(C1)N2C(C)C. The van der Waals surface area contributed by atoms with Crippen LogP contribution in [0.1, 0.15) is 60.3 Å². The normalized spacial score (nSPS) is 27.2. The van der Waals surface area contributed by atoms with Gasteiger partial charge in [0.25, 0.3) is 0 Å². The molecule has 0 aromatic rings. The summed E-state index contributed by atoms with van der Waals surface area (Å²) in [6.45, 7) is 12.5. The molecule has 5 heteroatoms. The smallest absolute Gasteiger partial charge is 0.317 e. The van der Waals surface area contributed by atoms with Crippen LogP contribution >= 0.6 is 0 Å². The first-order chi connectivity index (χ1) is 10.7. The van der Waals surface area contributed by atoms with Crippen molar-refractivity contribution >= 4 is 6.03 Å². The predicted octanol–water partition coefficient (Wildman–Crippen LogP) is 2.85. The molecule has 2 amide bonds. The van der Waals surface area contributed by atoms with Gasteiger partial charge in [-0.3, -0.25) is 4.90 Å². The first-order valence-electron chi connectivity index (χ1n) is 9.11. The van der Waals surface area contributed by atoms with Crippen molar-refractivity contribution in [3.63, 3.8) is 0 Å². The summed E-state index contributed by atoms with van der Waals surface area (Å²) in [5.41, 5.74) is -0.209. The van der Waals surface area contributed by atoms with Crippen LogP contribution in [-0.4, -0.2) is 65.8 Å². The molecular weight excluding hydrogens is 290 g/mol. The molecule has 1 N–H and O–H groups in total. The van der Waals surface area contributed by atoms with Gasteiger partial charge in [0.15, 0.2) is 0 Å². The quantitative estimate of drug-likeness (QED) is 0.845. The van der Waals surface area contributed by atoms with Crippen LogP contribution in [0.2, 0.25) is 0 Å². The van der Waals surface area contributed by atoms with Crippen molar-refractivity contribution in [1.82, 2.24) is 15.1 Å². The summed E-state index contributed by atoms with van der Waals surface area (Å²) in [6.07, 6.45) is 4.42. The minimum absolute atomic E-state index is 0.0839. The number of carbonyl (C=O) groups is 1. The molecule has 0 radical (unpaired) electrons. The van der Waals surface area contributed by atoms with E-state index in [1.165, 1.54) is 12.8 Å². The third kappa shape index (κ3) is 4.60. The number of amides is 2. The van der Waals surface area contributed by atoms with Crippen LogP contribution in [-0.2, 0) is 4.74 Å². The van der Waals surface area contributed by atoms with Gasteiger partial charge < -0.3 is 15.0 Å². The molecule has 2 rings (SSSR count). The zero-order valence-electron chi connectivity index (χ0n) is 15.8. The molecule has 0 aliphatic carbocycles. The molecule has 0 spiro atoms. The number of ether oxygens (including phenoxy) is 1. The Morgan fingerprint density at radius 3 is 2.48 bits per heavy atom. The van der Waals surface area contributed by atoms with Crippen LogP contribution in [0.3, 0.4) is 0 Å². The second-order valence-electron chi connectivity index (χ2n) is 8.18. The third-order valence-corrected chi connectivity index (χ3v) is 5.44. The van der Waals surface area contributed by atoms with Crippen molar-refractivity contribution in [2.24, 2.45) is 0 Å². The van der Waals surface area contributed by atoms with E-state index in [1.807, 2.05) is 4.90 Å². The van der Waals surface area contributed by atoms with Crippen molar-refractivity contribution in [2.75, 3.05) is 20.2 Å². The maximum absolute atomic E-state index is 12.6. The molecule has 3 atom stereocenters. The van der Waals surface area contributed by atoms with Crippen LogP contribution in [0.4, 0.5) is 4.79 Å². The van der Waals surface area contributed by atoms with E-state index in [2.05, 4.69) is 44.8 Å². The van der Waals surface area contributed by atoms with Crippen molar-refractivity contribution in [2.45, 2.75) is 90.1 Å². The van der Waals surface area contributed by atoms with Crippen LogP contribution < -0.4 is 5.32 Å². The average Bonchev–Trinajstić information content (AvgIpc) is 2.72. The highest BCUT2D eigenvalue weighted by molar-refractivity contribution is 5.74. The van der Waals surface area contributed by atoms with Gasteiger partial charge in [-0.05, 0) is 60.3 Å². The fourth-order valence-electron chi connectivity index (χ4n) is 4.31. The molecule has 0 aromatic heterocycles. The molecule has 23 heavy (non-hydrogen) atoms. The van der Waals surface area contributed by atoms with Gasteiger partial charge in [0, 0.05) is 44.4 Å². The van der Waals surface area contributed by atoms with Crippen molar-refractivity contribution < 1.29 is 9.53 Å². The fraction of sp³-hybridized carbons (Fsp3) is 0.944. The molecule has 5 nitrogen and oxygen atoms in total. The summed E-state index contributed by atoms with van der Waals surface area (Å²) in [6, 6.07) is 1.94. The number of hydrogen-bond donors (Lipinski definition) is 1. The highest BCUT2D eigenvalue weighted by Crippen LogP contribution is 2.32.